The molecular formula is C17H16N2O. The zero-order chi connectivity index (χ0) is 14.2. The molecule has 0 atom stereocenters. The molecule has 1 N–H and O–H groups in total. The molecule has 100 valence electrons. The van der Waals surface area contributed by atoms with Crippen molar-refractivity contribution < 1.29 is 4.79 Å². The predicted molar refractivity (Wildman–Crippen MR) is 79.2 cm³/mol. The number of carbonyl (C=O) groups excluding carboxylic acids is 1. The van der Waals surface area contributed by atoms with Gasteiger partial charge in [-0.05, 0) is 36.6 Å². The van der Waals surface area contributed by atoms with Crippen LogP contribution >= 0.6 is 0 Å². The van der Waals surface area contributed by atoms with Crippen LogP contribution < -0.4 is 5.32 Å². The Bertz CT molecular complexity index is 614. The molecule has 0 aromatic heterocycles. The van der Waals surface area contributed by atoms with Gasteiger partial charge in [-0.25, -0.2) is 0 Å². The van der Waals surface area contributed by atoms with E-state index in [2.05, 4.69) is 23.5 Å². The largest absolute Gasteiger partial charge is 0.326 e. The molecule has 0 unspecified atom stereocenters. The Morgan fingerprint density at radius 2 is 1.90 bits per heavy atom. The standard InChI is InChI=1S/C17H16N2O/c18-13-15-9-4-10-16(12-15)19-17(20)11-5-8-14-6-2-1-3-7-14/h1-4,6-7,9-10,12H,5,8,11H2,(H,19,20). The highest BCUT2D eigenvalue weighted by Gasteiger charge is 2.03. The van der Waals surface area contributed by atoms with Gasteiger partial charge in [0.05, 0.1) is 11.6 Å². The third kappa shape index (κ3) is 4.25. The van der Waals surface area contributed by atoms with E-state index in [9.17, 15) is 4.79 Å². The summed E-state index contributed by atoms with van der Waals surface area (Å²) in [5, 5.41) is 11.6. The summed E-state index contributed by atoms with van der Waals surface area (Å²) in [5.41, 5.74) is 2.47. The van der Waals surface area contributed by atoms with Gasteiger partial charge in [-0.3, -0.25) is 4.79 Å². The van der Waals surface area contributed by atoms with Crippen molar-refractivity contribution in [2.75, 3.05) is 5.32 Å². The number of rotatable bonds is 5. The van der Waals surface area contributed by atoms with Gasteiger partial charge >= 0.3 is 0 Å². The molecule has 2 rings (SSSR count). The van der Waals surface area contributed by atoms with E-state index in [-0.39, 0.29) is 5.91 Å². The van der Waals surface area contributed by atoms with Crippen molar-refractivity contribution >= 4 is 11.6 Å². The molecule has 0 spiro atoms. The summed E-state index contributed by atoms with van der Waals surface area (Å²) in [6.45, 7) is 0. The highest BCUT2D eigenvalue weighted by molar-refractivity contribution is 5.90. The molecule has 0 saturated heterocycles. The van der Waals surface area contributed by atoms with Crippen LogP contribution in [0.2, 0.25) is 0 Å². The minimum absolute atomic E-state index is 0.0176. The SMILES string of the molecule is N#Cc1cccc(NC(=O)CCCc2ccccc2)c1. The van der Waals surface area contributed by atoms with Gasteiger partial charge < -0.3 is 5.32 Å². The fourth-order valence-corrected chi connectivity index (χ4v) is 1.99. The second-order valence-corrected chi connectivity index (χ2v) is 4.58. The Hall–Kier alpha value is -2.60. The zero-order valence-corrected chi connectivity index (χ0v) is 11.2. The second-order valence-electron chi connectivity index (χ2n) is 4.58. The average Bonchev–Trinajstić information content (AvgIpc) is 2.48. The predicted octanol–water partition coefficient (Wildman–Crippen LogP) is 3.52. The molecule has 2 aromatic rings. The first-order valence-electron chi connectivity index (χ1n) is 6.62. The summed E-state index contributed by atoms with van der Waals surface area (Å²) in [5.74, 6) is -0.0176. The molecule has 0 fully saturated rings. The van der Waals surface area contributed by atoms with E-state index in [1.165, 1.54) is 5.56 Å². The maximum absolute atomic E-state index is 11.8. The molecule has 20 heavy (non-hydrogen) atoms. The number of benzene rings is 2. The summed E-state index contributed by atoms with van der Waals surface area (Å²) < 4.78 is 0. The van der Waals surface area contributed by atoms with Gasteiger partial charge in [-0.2, -0.15) is 5.26 Å². The summed E-state index contributed by atoms with van der Waals surface area (Å²) in [7, 11) is 0. The normalized spacial score (nSPS) is 9.75. The second kappa shape index (κ2) is 7.10. The average molecular weight is 264 g/mol. The summed E-state index contributed by atoms with van der Waals surface area (Å²) >= 11 is 0. The molecule has 0 radical (unpaired) electrons. The van der Waals surface area contributed by atoms with Gasteiger partial charge in [-0.15, -0.1) is 0 Å². The van der Waals surface area contributed by atoms with Crippen LogP contribution in [-0.4, -0.2) is 5.91 Å². The van der Waals surface area contributed by atoms with Crippen LogP contribution in [0.4, 0.5) is 5.69 Å². The van der Waals surface area contributed by atoms with Gasteiger partial charge in [0.2, 0.25) is 5.91 Å². The Kier molecular flexibility index (Phi) is 4.91. The number of amides is 1. The van der Waals surface area contributed by atoms with Gasteiger partial charge in [-0.1, -0.05) is 36.4 Å². The highest BCUT2D eigenvalue weighted by Crippen LogP contribution is 2.11. The molecule has 0 heterocycles. The molecule has 3 nitrogen and oxygen atoms in total. The van der Waals surface area contributed by atoms with Gasteiger partial charge in [0.25, 0.3) is 0 Å². The molecule has 0 aliphatic heterocycles. The van der Waals surface area contributed by atoms with Crippen molar-refractivity contribution in [2.45, 2.75) is 19.3 Å². The summed E-state index contributed by atoms with van der Waals surface area (Å²) in [6.07, 6.45) is 2.19. The van der Waals surface area contributed by atoms with Gasteiger partial charge in [0, 0.05) is 12.1 Å². The van der Waals surface area contributed by atoms with Crippen molar-refractivity contribution in [3.8, 4) is 6.07 Å². The van der Waals surface area contributed by atoms with Crippen LogP contribution in [0.1, 0.15) is 24.0 Å². The van der Waals surface area contributed by atoms with Crippen molar-refractivity contribution in [1.29, 1.82) is 5.26 Å². The molecule has 1 amide bonds. The maximum Gasteiger partial charge on any atom is 0.224 e. The number of hydrogen-bond acceptors (Lipinski definition) is 2. The third-order valence-electron chi connectivity index (χ3n) is 2.99. The fraction of sp³-hybridized carbons (Fsp3) is 0.176. The van der Waals surface area contributed by atoms with E-state index >= 15 is 0 Å². The monoisotopic (exact) mass is 264 g/mol. The van der Waals surface area contributed by atoms with Crippen LogP contribution in [0.15, 0.2) is 54.6 Å². The van der Waals surface area contributed by atoms with Crippen LogP contribution in [0.25, 0.3) is 0 Å². The molecule has 0 bridgehead atoms. The lowest BCUT2D eigenvalue weighted by molar-refractivity contribution is -0.116. The molecule has 3 heteroatoms. The Morgan fingerprint density at radius 1 is 1.10 bits per heavy atom. The fourth-order valence-electron chi connectivity index (χ4n) is 1.99. The first-order valence-corrected chi connectivity index (χ1v) is 6.62. The lowest BCUT2D eigenvalue weighted by Crippen LogP contribution is -2.11. The lowest BCUT2D eigenvalue weighted by atomic mass is 10.1. The maximum atomic E-state index is 11.8. The number of nitrogens with one attached hydrogen (secondary N) is 1. The minimum Gasteiger partial charge on any atom is -0.326 e. The van der Waals surface area contributed by atoms with E-state index in [1.807, 2.05) is 18.2 Å². The quantitative estimate of drug-likeness (QED) is 0.898. The number of nitriles is 1. The van der Waals surface area contributed by atoms with E-state index in [0.717, 1.165) is 12.8 Å². The van der Waals surface area contributed by atoms with Crippen LogP contribution in [0.5, 0.6) is 0 Å². The van der Waals surface area contributed by atoms with E-state index < -0.39 is 0 Å². The molecule has 0 aliphatic carbocycles. The van der Waals surface area contributed by atoms with Crippen LogP contribution in [-0.2, 0) is 11.2 Å². The zero-order valence-electron chi connectivity index (χ0n) is 11.2. The van der Waals surface area contributed by atoms with E-state index in [4.69, 9.17) is 5.26 Å². The third-order valence-corrected chi connectivity index (χ3v) is 2.99. The van der Waals surface area contributed by atoms with Gasteiger partial charge in [0.15, 0.2) is 0 Å². The number of carbonyl (C=O) groups is 1. The number of aryl methyl sites for hydroxylation is 1. The van der Waals surface area contributed by atoms with E-state index in [1.54, 1.807) is 24.3 Å². The first kappa shape index (κ1) is 13.8. The Labute approximate surface area is 118 Å². The van der Waals surface area contributed by atoms with Crippen LogP contribution in [0, 0.1) is 11.3 Å². The molecule has 0 saturated carbocycles. The van der Waals surface area contributed by atoms with Crippen molar-refractivity contribution in [1.82, 2.24) is 0 Å². The molecule has 0 aliphatic rings. The van der Waals surface area contributed by atoms with Crippen molar-refractivity contribution in [3.63, 3.8) is 0 Å². The first-order chi connectivity index (χ1) is 9.78. The molecular weight excluding hydrogens is 248 g/mol. The number of anilines is 1. The van der Waals surface area contributed by atoms with Crippen LogP contribution in [0.3, 0.4) is 0 Å². The number of nitrogens with zero attached hydrogens (tertiary/aromatic N) is 1. The summed E-state index contributed by atoms with van der Waals surface area (Å²) in [6, 6.07) is 19.1. The lowest BCUT2D eigenvalue weighted by Gasteiger charge is -2.05. The minimum atomic E-state index is -0.0176. The topological polar surface area (TPSA) is 52.9 Å². The smallest absolute Gasteiger partial charge is 0.224 e. The van der Waals surface area contributed by atoms with Crippen molar-refractivity contribution in [3.05, 3.63) is 65.7 Å². The van der Waals surface area contributed by atoms with E-state index in [0.29, 0.717) is 17.7 Å². The Morgan fingerprint density at radius 3 is 2.65 bits per heavy atom. The summed E-state index contributed by atoms with van der Waals surface area (Å²) in [4.78, 5) is 11.8. The highest BCUT2D eigenvalue weighted by atomic mass is 16.1. The Balaban J connectivity index is 1.79. The van der Waals surface area contributed by atoms with Crippen molar-refractivity contribution in [2.24, 2.45) is 0 Å². The van der Waals surface area contributed by atoms with Gasteiger partial charge in [0.1, 0.15) is 0 Å². The molecule has 2 aromatic carbocycles. The number of hydrogen-bond donors (Lipinski definition) is 1.